The van der Waals surface area contributed by atoms with E-state index in [9.17, 15) is 0 Å². The molecule has 0 aliphatic rings. The van der Waals surface area contributed by atoms with E-state index >= 15 is 0 Å². The highest BCUT2D eigenvalue weighted by Crippen LogP contribution is 2.27. The SMILES string of the molecule is CCCN(CCc1ccncc1)C(C)c1ccccc1Br. The fraction of sp³-hybridized carbons (Fsp3) is 0.389. The summed E-state index contributed by atoms with van der Waals surface area (Å²) >= 11 is 3.68. The minimum atomic E-state index is 0.419. The molecule has 1 heterocycles. The zero-order chi connectivity index (χ0) is 15.1. The van der Waals surface area contributed by atoms with Gasteiger partial charge in [0.05, 0.1) is 0 Å². The van der Waals surface area contributed by atoms with Crippen LogP contribution in [0.1, 0.15) is 37.4 Å². The molecule has 0 saturated carbocycles. The van der Waals surface area contributed by atoms with Crippen LogP contribution in [0, 0.1) is 0 Å². The molecule has 21 heavy (non-hydrogen) atoms. The van der Waals surface area contributed by atoms with Gasteiger partial charge in [0, 0.05) is 29.5 Å². The third kappa shape index (κ3) is 4.65. The van der Waals surface area contributed by atoms with Crippen LogP contribution >= 0.6 is 15.9 Å². The van der Waals surface area contributed by atoms with Gasteiger partial charge in [0.1, 0.15) is 0 Å². The molecule has 112 valence electrons. The van der Waals surface area contributed by atoms with Gasteiger partial charge in [0.15, 0.2) is 0 Å². The van der Waals surface area contributed by atoms with Crippen LogP contribution in [0.25, 0.3) is 0 Å². The van der Waals surface area contributed by atoms with Crippen molar-refractivity contribution >= 4 is 15.9 Å². The number of nitrogens with zero attached hydrogens (tertiary/aromatic N) is 2. The zero-order valence-corrected chi connectivity index (χ0v) is 14.4. The lowest BCUT2D eigenvalue weighted by molar-refractivity contribution is 0.213. The van der Waals surface area contributed by atoms with Crippen molar-refractivity contribution in [3.05, 3.63) is 64.4 Å². The Balaban J connectivity index is 2.06. The van der Waals surface area contributed by atoms with E-state index in [2.05, 4.69) is 76.1 Å². The molecule has 0 spiro atoms. The van der Waals surface area contributed by atoms with Gasteiger partial charge in [0.2, 0.25) is 0 Å². The molecule has 0 aliphatic heterocycles. The van der Waals surface area contributed by atoms with Crippen LogP contribution < -0.4 is 0 Å². The lowest BCUT2D eigenvalue weighted by Gasteiger charge is -2.30. The van der Waals surface area contributed by atoms with Crippen LogP contribution in [-0.2, 0) is 6.42 Å². The average Bonchev–Trinajstić information content (AvgIpc) is 2.52. The second kappa shape index (κ2) is 8.30. The van der Waals surface area contributed by atoms with Crippen LogP contribution in [-0.4, -0.2) is 23.0 Å². The summed E-state index contributed by atoms with van der Waals surface area (Å²) in [6.07, 6.45) is 5.98. The molecule has 0 fully saturated rings. The van der Waals surface area contributed by atoms with Crippen molar-refractivity contribution < 1.29 is 0 Å². The minimum absolute atomic E-state index is 0.419. The molecule has 1 atom stereocenters. The van der Waals surface area contributed by atoms with Gasteiger partial charge in [-0.3, -0.25) is 9.88 Å². The van der Waals surface area contributed by atoms with Crippen molar-refractivity contribution in [2.24, 2.45) is 0 Å². The average molecular weight is 347 g/mol. The van der Waals surface area contributed by atoms with Crippen molar-refractivity contribution in [2.75, 3.05) is 13.1 Å². The fourth-order valence-electron chi connectivity index (χ4n) is 2.62. The molecule has 1 aromatic carbocycles. The second-order valence-corrected chi connectivity index (χ2v) is 6.19. The molecule has 0 saturated heterocycles. The van der Waals surface area contributed by atoms with E-state index in [1.165, 1.54) is 22.0 Å². The quantitative estimate of drug-likeness (QED) is 0.711. The van der Waals surface area contributed by atoms with Crippen LogP contribution in [0.3, 0.4) is 0 Å². The Bertz CT molecular complexity index is 542. The van der Waals surface area contributed by atoms with Gasteiger partial charge in [-0.05, 0) is 55.6 Å². The van der Waals surface area contributed by atoms with Gasteiger partial charge in [-0.15, -0.1) is 0 Å². The summed E-state index contributed by atoms with van der Waals surface area (Å²) in [5.41, 5.74) is 2.71. The molecule has 3 heteroatoms. The van der Waals surface area contributed by atoms with Crippen molar-refractivity contribution in [1.82, 2.24) is 9.88 Å². The number of halogens is 1. The largest absolute Gasteiger partial charge is 0.296 e. The van der Waals surface area contributed by atoms with Crippen LogP contribution in [0.15, 0.2) is 53.3 Å². The molecule has 0 radical (unpaired) electrons. The van der Waals surface area contributed by atoms with Crippen molar-refractivity contribution in [3.8, 4) is 0 Å². The molecule has 2 aromatic rings. The highest BCUT2D eigenvalue weighted by Gasteiger charge is 2.16. The Kier molecular flexibility index (Phi) is 6.40. The minimum Gasteiger partial charge on any atom is -0.296 e. The molecule has 0 N–H and O–H groups in total. The third-order valence-electron chi connectivity index (χ3n) is 3.85. The number of hydrogen-bond acceptors (Lipinski definition) is 2. The number of benzene rings is 1. The Hall–Kier alpha value is -1.19. The summed E-state index contributed by atoms with van der Waals surface area (Å²) in [5, 5.41) is 0. The topological polar surface area (TPSA) is 16.1 Å². The maximum absolute atomic E-state index is 4.08. The molecule has 0 amide bonds. The predicted octanol–water partition coefficient (Wildman–Crippen LogP) is 4.86. The summed E-state index contributed by atoms with van der Waals surface area (Å²) in [6, 6.07) is 13.1. The first-order valence-electron chi connectivity index (χ1n) is 7.59. The molecule has 0 aliphatic carbocycles. The Morgan fingerprint density at radius 2 is 1.81 bits per heavy atom. The molecule has 0 bridgehead atoms. The first-order valence-corrected chi connectivity index (χ1v) is 8.39. The summed E-state index contributed by atoms with van der Waals surface area (Å²) in [4.78, 5) is 6.64. The highest BCUT2D eigenvalue weighted by molar-refractivity contribution is 9.10. The van der Waals surface area contributed by atoms with Gasteiger partial charge in [0.25, 0.3) is 0 Å². The van der Waals surface area contributed by atoms with E-state index in [-0.39, 0.29) is 0 Å². The Labute approximate surface area is 136 Å². The highest BCUT2D eigenvalue weighted by atomic mass is 79.9. The molecular weight excluding hydrogens is 324 g/mol. The molecule has 1 aromatic heterocycles. The third-order valence-corrected chi connectivity index (χ3v) is 4.57. The predicted molar refractivity (Wildman–Crippen MR) is 92.4 cm³/mol. The van der Waals surface area contributed by atoms with Crippen molar-refractivity contribution in [1.29, 1.82) is 0 Å². The van der Waals surface area contributed by atoms with Crippen LogP contribution in [0.2, 0.25) is 0 Å². The fourth-order valence-corrected chi connectivity index (χ4v) is 3.24. The molecule has 2 nitrogen and oxygen atoms in total. The molecule has 2 rings (SSSR count). The summed E-state index contributed by atoms with van der Waals surface area (Å²) in [6.45, 7) is 6.72. The van der Waals surface area contributed by atoms with E-state index in [1.807, 2.05) is 12.4 Å². The first kappa shape index (κ1) is 16.2. The smallest absolute Gasteiger partial charge is 0.0331 e. The van der Waals surface area contributed by atoms with Gasteiger partial charge < -0.3 is 0 Å². The number of pyridine rings is 1. The first-order chi connectivity index (χ1) is 10.2. The summed E-state index contributed by atoms with van der Waals surface area (Å²) in [5.74, 6) is 0. The van der Waals surface area contributed by atoms with Gasteiger partial charge in [-0.25, -0.2) is 0 Å². The van der Waals surface area contributed by atoms with Crippen molar-refractivity contribution in [3.63, 3.8) is 0 Å². The van der Waals surface area contributed by atoms with Gasteiger partial charge in [-0.1, -0.05) is 41.1 Å². The standard InChI is InChI=1S/C18H23BrN2/c1-3-13-21(14-10-16-8-11-20-12-9-16)15(2)17-6-4-5-7-18(17)19/h4-9,11-12,15H,3,10,13-14H2,1-2H3. The van der Waals surface area contributed by atoms with E-state index in [1.54, 1.807) is 0 Å². The molecule has 1 unspecified atom stereocenters. The van der Waals surface area contributed by atoms with E-state index < -0.39 is 0 Å². The van der Waals surface area contributed by atoms with Crippen LogP contribution in [0.4, 0.5) is 0 Å². The van der Waals surface area contributed by atoms with E-state index in [4.69, 9.17) is 0 Å². The maximum atomic E-state index is 4.08. The lowest BCUT2D eigenvalue weighted by atomic mass is 10.1. The van der Waals surface area contributed by atoms with Crippen LogP contribution in [0.5, 0.6) is 0 Å². The van der Waals surface area contributed by atoms with Crippen molar-refractivity contribution in [2.45, 2.75) is 32.7 Å². The Morgan fingerprint density at radius 1 is 1.10 bits per heavy atom. The second-order valence-electron chi connectivity index (χ2n) is 5.34. The number of aromatic nitrogens is 1. The summed E-state index contributed by atoms with van der Waals surface area (Å²) < 4.78 is 1.20. The number of rotatable bonds is 7. The normalized spacial score (nSPS) is 12.6. The van der Waals surface area contributed by atoms with E-state index in [0.717, 1.165) is 19.5 Å². The monoisotopic (exact) mass is 346 g/mol. The Morgan fingerprint density at radius 3 is 2.48 bits per heavy atom. The maximum Gasteiger partial charge on any atom is 0.0331 e. The van der Waals surface area contributed by atoms with Gasteiger partial charge >= 0.3 is 0 Å². The zero-order valence-electron chi connectivity index (χ0n) is 12.8. The molecular formula is C18H23BrN2. The van der Waals surface area contributed by atoms with Gasteiger partial charge in [-0.2, -0.15) is 0 Å². The van der Waals surface area contributed by atoms with E-state index in [0.29, 0.717) is 6.04 Å². The lowest BCUT2D eigenvalue weighted by Crippen LogP contribution is -2.30. The summed E-state index contributed by atoms with van der Waals surface area (Å²) in [7, 11) is 0. The number of hydrogen-bond donors (Lipinski definition) is 0.